The normalized spacial score (nSPS) is 11.1. The minimum Gasteiger partial charge on any atom is -0.367 e. The van der Waals surface area contributed by atoms with Gasteiger partial charge in [-0.25, -0.2) is 4.79 Å². The van der Waals surface area contributed by atoms with Crippen LogP contribution in [0, 0.1) is 0 Å². The van der Waals surface area contributed by atoms with Gasteiger partial charge >= 0.3 is 12.2 Å². The summed E-state index contributed by atoms with van der Waals surface area (Å²) in [4.78, 5) is 25.6. The number of rotatable bonds is 10. The Bertz CT molecular complexity index is 827. The molecule has 168 valence electrons. The molecule has 0 fully saturated rings. The summed E-state index contributed by atoms with van der Waals surface area (Å²) in [6, 6.07) is 16.0. The molecular weight excluding hydrogens is 411 g/mol. The van der Waals surface area contributed by atoms with E-state index >= 15 is 0 Å². The van der Waals surface area contributed by atoms with Crippen LogP contribution in [0.2, 0.25) is 0 Å². The lowest BCUT2D eigenvalue weighted by atomic mass is 10.1. The van der Waals surface area contributed by atoms with E-state index < -0.39 is 12.8 Å². The second-order valence-corrected chi connectivity index (χ2v) is 7.02. The second-order valence-electron chi connectivity index (χ2n) is 7.02. The molecule has 0 saturated carbocycles. The van der Waals surface area contributed by atoms with E-state index in [9.17, 15) is 22.8 Å². The molecule has 2 aromatic carbocycles. The first-order valence-corrected chi connectivity index (χ1v) is 9.75. The largest absolute Gasteiger partial charge is 0.411 e. The van der Waals surface area contributed by atoms with Crippen molar-refractivity contribution in [2.24, 2.45) is 0 Å². The minimum absolute atomic E-state index is 0.133. The maximum Gasteiger partial charge on any atom is 0.411 e. The number of urea groups is 1. The van der Waals surface area contributed by atoms with Gasteiger partial charge in [0.05, 0.1) is 6.61 Å². The zero-order valence-corrected chi connectivity index (χ0v) is 17.2. The Morgan fingerprint density at radius 1 is 0.935 bits per heavy atom. The molecule has 2 rings (SSSR count). The zero-order chi connectivity index (χ0) is 22.7. The number of ether oxygens (including phenoxy) is 1. The van der Waals surface area contributed by atoms with Crippen molar-refractivity contribution in [3.8, 4) is 0 Å². The summed E-state index contributed by atoms with van der Waals surface area (Å²) in [5.74, 6) is -0.219. The van der Waals surface area contributed by atoms with E-state index in [1.165, 1.54) is 4.90 Å². The molecule has 0 aliphatic heterocycles. The smallest absolute Gasteiger partial charge is 0.367 e. The topological polar surface area (TPSA) is 70.7 Å². The molecule has 6 nitrogen and oxygen atoms in total. The molecule has 3 amide bonds. The summed E-state index contributed by atoms with van der Waals surface area (Å²) in [6.07, 6.45) is -4.21. The van der Waals surface area contributed by atoms with Crippen LogP contribution in [-0.2, 0) is 29.2 Å². The molecule has 0 unspecified atom stereocenters. The fourth-order valence-electron chi connectivity index (χ4n) is 2.67. The third-order valence-corrected chi connectivity index (χ3v) is 4.28. The highest BCUT2D eigenvalue weighted by Crippen LogP contribution is 2.15. The average molecular weight is 437 g/mol. The summed E-state index contributed by atoms with van der Waals surface area (Å²) in [6.45, 7) is -0.465. The Kier molecular flexibility index (Phi) is 9.33. The van der Waals surface area contributed by atoms with E-state index in [1.54, 1.807) is 31.3 Å². The van der Waals surface area contributed by atoms with Gasteiger partial charge in [-0.3, -0.25) is 4.79 Å². The molecule has 0 aliphatic rings. The SMILES string of the molecule is CN(Cc1ccccc1)C(=O)NCCC(=O)NCc1ccc(COCC(F)(F)F)cc1. The lowest BCUT2D eigenvalue weighted by Crippen LogP contribution is -2.38. The molecule has 0 saturated heterocycles. The molecule has 31 heavy (non-hydrogen) atoms. The van der Waals surface area contributed by atoms with Gasteiger partial charge in [-0.15, -0.1) is 0 Å². The van der Waals surface area contributed by atoms with Gasteiger partial charge in [-0.05, 0) is 16.7 Å². The van der Waals surface area contributed by atoms with Crippen LogP contribution >= 0.6 is 0 Å². The van der Waals surface area contributed by atoms with Crippen molar-refractivity contribution in [2.45, 2.75) is 32.3 Å². The fraction of sp³-hybridized carbons (Fsp3) is 0.364. The van der Waals surface area contributed by atoms with E-state index in [0.717, 1.165) is 11.1 Å². The highest BCUT2D eigenvalue weighted by Gasteiger charge is 2.27. The maximum absolute atomic E-state index is 12.1. The summed E-state index contributed by atoms with van der Waals surface area (Å²) in [5.41, 5.74) is 2.43. The molecule has 0 aromatic heterocycles. The molecule has 0 heterocycles. The van der Waals surface area contributed by atoms with E-state index in [2.05, 4.69) is 15.4 Å². The van der Waals surface area contributed by atoms with Crippen LogP contribution < -0.4 is 10.6 Å². The number of hydrogen-bond donors (Lipinski definition) is 2. The molecule has 0 bridgehead atoms. The fourth-order valence-corrected chi connectivity index (χ4v) is 2.67. The molecule has 9 heteroatoms. The monoisotopic (exact) mass is 437 g/mol. The molecule has 0 aliphatic carbocycles. The lowest BCUT2D eigenvalue weighted by molar-refractivity contribution is -0.176. The molecular formula is C22H26F3N3O3. The van der Waals surface area contributed by atoms with Gasteiger partial charge in [0, 0.05) is 33.1 Å². The Hall–Kier alpha value is -3.07. The first-order valence-electron chi connectivity index (χ1n) is 9.75. The van der Waals surface area contributed by atoms with Gasteiger partial charge in [-0.1, -0.05) is 54.6 Å². The van der Waals surface area contributed by atoms with Crippen LogP contribution in [0.5, 0.6) is 0 Å². The zero-order valence-electron chi connectivity index (χ0n) is 17.2. The van der Waals surface area contributed by atoms with Crippen LogP contribution in [0.4, 0.5) is 18.0 Å². The third-order valence-electron chi connectivity index (χ3n) is 4.28. The number of carbonyl (C=O) groups excluding carboxylic acids is 2. The standard InChI is InChI=1S/C22H26F3N3O3/c1-28(14-18-5-3-2-4-6-18)21(30)26-12-11-20(29)27-13-17-7-9-19(10-8-17)15-31-16-22(23,24)25/h2-10H,11-16H2,1H3,(H,26,30)(H,27,29). The molecule has 2 aromatic rings. The van der Waals surface area contributed by atoms with E-state index in [0.29, 0.717) is 12.1 Å². The first kappa shape index (κ1) is 24.2. The predicted octanol–water partition coefficient (Wildman–Crippen LogP) is 3.61. The highest BCUT2D eigenvalue weighted by molar-refractivity contribution is 5.78. The van der Waals surface area contributed by atoms with Gasteiger partial charge in [0.1, 0.15) is 6.61 Å². The van der Waals surface area contributed by atoms with Crippen LogP contribution in [0.15, 0.2) is 54.6 Å². The number of hydrogen-bond acceptors (Lipinski definition) is 3. The average Bonchev–Trinajstić information content (AvgIpc) is 2.73. The number of amides is 3. The van der Waals surface area contributed by atoms with Gasteiger partial charge in [0.25, 0.3) is 0 Å². The number of nitrogens with zero attached hydrogens (tertiary/aromatic N) is 1. The van der Waals surface area contributed by atoms with Crippen LogP contribution in [-0.4, -0.2) is 43.2 Å². The van der Waals surface area contributed by atoms with Gasteiger partial charge in [0.15, 0.2) is 0 Å². The van der Waals surface area contributed by atoms with Crippen LogP contribution in [0.3, 0.4) is 0 Å². The molecule has 0 radical (unpaired) electrons. The second kappa shape index (κ2) is 11.9. The highest BCUT2D eigenvalue weighted by atomic mass is 19.4. The Labute approximate surface area is 179 Å². The first-order chi connectivity index (χ1) is 14.7. The Morgan fingerprint density at radius 2 is 1.58 bits per heavy atom. The van der Waals surface area contributed by atoms with Crippen molar-refractivity contribution in [3.63, 3.8) is 0 Å². The van der Waals surface area contributed by atoms with Crippen molar-refractivity contribution < 1.29 is 27.5 Å². The Balaban J connectivity index is 1.62. The number of nitrogens with one attached hydrogen (secondary N) is 2. The Morgan fingerprint density at radius 3 is 2.23 bits per heavy atom. The third kappa shape index (κ3) is 9.99. The number of carbonyl (C=O) groups is 2. The van der Waals surface area contributed by atoms with Gasteiger partial charge in [0.2, 0.25) is 5.91 Å². The summed E-state index contributed by atoms with van der Waals surface area (Å²) < 4.78 is 40.8. The van der Waals surface area contributed by atoms with E-state index in [-0.39, 0.29) is 38.1 Å². The minimum atomic E-state index is -4.35. The summed E-state index contributed by atoms with van der Waals surface area (Å²) >= 11 is 0. The molecule has 2 N–H and O–H groups in total. The summed E-state index contributed by atoms with van der Waals surface area (Å²) in [5, 5.41) is 5.44. The molecule has 0 spiro atoms. The van der Waals surface area contributed by atoms with Crippen molar-refractivity contribution in [1.82, 2.24) is 15.5 Å². The number of halogens is 3. The van der Waals surface area contributed by atoms with Crippen LogP contribution in [0.1, 0.15) is 23.1 Å². The van der Waals surface area contributed by atoms with Crippen molar-refractivity contribution in [2.75, 3.05) is 20.2 Å². The number of benzene rings is 2. The van der Waals surface area contributed by atoms with E-state index in [4.69, 9.17) is 0 Å². The van der Waals surface area contributed by atoms with Gasteiger partial charge < -0.3 is 20.3 Å². The lowest BCUT2D eigenvalue weighted by Gasteiger charge is -2.18. The quantitative estimate of drug-likeness (QED) is 0.597. The van der Waals surface area contributed by atoms with Crippen LogP contribution in [0.25, 0.3) is 0 Å². The summed E-state index contributed by atoms with van der Waals surface area (Å²) in [7, 11) is 1.68. The van der Waals surface area contributed by atoms with Crippen molar-refractivity contribution in [1.29, 1.82) is 0 Å². The van der Waals surface area contributed by atoms with Crippen molar-refractivity contribution in [3.05, 3.63) is 71.3 Å². The maximum atomic E-state index is 12.1. The number of alkyl halides is 3. The predicted molar refractivity (Wildman–Crippen MR) is 110 cm³/mol. The van der Waals surface area contributed by atoms with E-state index in [1.807, 2.05) is 30.3 Å². The molecule has 0 atom stereocenters. The van der Waals surface area contributed by atoms with Crippen molar-refractivity contribution >= 4 is 11.9 Å². The van der Waals surface area contributed by atoms with Gasteiger partial charge in [-0.2, -0.15) is 13.2 Å².